The van der Waals surface area contributed by atoms with Crippen LogP contribution < -0.4 is 0 Å². The Labute approximate surface area is 135 Å². The number of piperidine rings is 1. The maximum atomic E-state index is 12.1. The lowest BCUT2D eigenvalue weighted by Crippen LogP contribution is -2.47. The van der Waals surface area contributed by atoms with Crippen LogP contribution in [0.1, 0.15) is 50.4 Å². The fourth-order valence-corrected chi connectivity index (χ4v) is 3.27. The molecule has 1 aliphatic heterocycles. The van der Waals surface area contributed by atoms with Crippen molar-refractivity contribution in [1.82, 2.24) is 4.90 Å². The Morgan fingerprint density at radius 3 is 2.43 bits per heavy atom. The molecule has 1 aliphatic rings. The molecule has 0 amide bonds. The normalized spacial score (nSPS) is 24.6. The minimum atomic E-state index is -0.243. The highest BCUT2D eigenvalue weighted by Gasteiger charge is 2.26. The van der Waals surface area contributed by atoms with Crippen molar-refractivity contribution in [2.75, 3.05) is 6.54 Å². The van der Waals surface area contributed by atoms with Crippen LogP contribution in [0.3, 0.4) is 0 Å². The first-order chi connectivity index (χ1) is 9.97. The summed E-state index contributed by atoms with van der Waals surface area (Å²) in [5.41, 5.74) is 0.602. The fraction of sp³-hybridized carbons (Fsp3) is 0.588. The van der Waals surface area contributed by atoms with Gasteiger partial charge in [0, 0.05) is 23.1 Å². The highest BCUT2D eigenvalue weighted by molar-refractivity contribution is 9.10. The van der Waals surface area contributed by atoms with Crippen LogP contribution >= 0.6 is 15.9 Å². The third-order valence-corrected chi connectivity index (χ3v) is 4.76. The molecule has 1 heterocycles. The minimum absolute atomic E-state index is 0.0934. The summed E-state index contributed by atoms with van der Waals surface area (Å²) in [5, 5.41) is 0. The molecule has 0 radical (unpaired) electrons. The number of rotatable bonds is 4. The van der Waals surface area contributed by atoms with E-state index in [2.05, 4.69) is 34.7 Å². The lowest BCUT2D eigenvalue weighted by Gasteiger charge is -2.40. The van der Waals surface area contributed by atoms with Crippen LogP contribution in [0.2, 0.25) is 0 Å². The van der Waals surface area contributed by atoms with Gasteiger partial charge in [-0.05, 0) is 57.9 Å². The van der Waals surface area contributed by atoms with E-state index in [9.17, 15) is 4.79 Å². The first-order valence-corrected chi connectivity index (χ1v) is 8.49. The molecule has 1 aromatic carbocycles. The third-order valence-electron chi connectivity index (χ3n) is 4.23. The average molecular weight is 354 g/mol. The zero-order valence-electron chi connectivity index (χ0n) is 13.0. The van der Waals surface area contributed by atoms with Crippen LogP contribution in [-0.2, 0) is 4.74 Å². The molecule has 1 aromatic rings. The largest absolute Gasteiger partial charge is 0.458 e. The van der Waals surface area contributed by atoms with Gasteiger partial charge < -0.3 is 4.74 Å². The molecule has 2 rings (SSSR count). The number of likely N-dealkylation sites (tertiary alicyclic amines) is 1. The summed E-state index contributed by atoms with van der Waals surface area (Å²) in [6, 6.07) is 8.42. The highest BCUT2D eigenvalue weighted by Crippen LogP contribution is 2.23. The molecule has 0 N–H and O–H groups in total. The summed E-state index contributed by atoms with van der Waals surface area (Å²) < 4.78 is 6.54. The Morgan fingerprint density at radius 2 is 1.86 bits per heavy atom. The molecule has 0 saturated carbocycles. The second-order valence-corrected chi connectivity index (χ2v) is 6.96. The van der Waals surface area contributed by atoms with Crippen molar-refractivity contribution in [1.29, 1.82) is 0 Å². The third kappa shape index (κ3) is 4.55. The Bertz CT molecular complexity index is 464. The number of benzene rings is 1. The van der Waals surface area contributed by atoms with Gasteiger partial charge in [0.25, 0.3) is 0 Å². The van der Waals surface area contributed by atoms with E-state index in [0.717, 1.165) is 11.0 Å². The van der Waals surface area contributed by atoms with Crippen LogP contribution in [-0.4, -0.2) is 35.6 Å². The van der Waals surface area contributed by atoms with Crippen LogP contribution in [0.25, 0.3) is 0 Å². The molecule has 3 nitrogen and oxygen atoms in total. The molecule has 0 spiro atoms. The predicted molar refractivity (Wildman–Crippen MR) is 88.5 cm³/mol. The van der Waals surface area contributed by atoms with Crippen molar-refractivity contribution in [3.05, 3.63) is 34.3 Å². The summed E-state index contributed by atoms with van der Waals surface area (Å²) in [6.45, 7) is 7.31. The van der Waals surface area contributed by atoms with E-state index in [-0.39, 0.29) is 12.1 Å². The highest BCUT2D eigenvalue weighted by atomic mass is 79.9. The predicted octanol–water partition coefficient (Wildman–Crippen LogP) is 4.26. The maximum Gasteiger partial charge on any atom is 0.338 e. The number of ether oxygens (including phenoxy) is 1. The van der Waals surface area contributed by atoms with E-state index >= 15 is 0 Å². The first-order valence-electron chi connectivity index (χ1n) is 7.69. The smallest absolute Gasteiger partial charge is 0.338 e. The zero-order chi connectivity index (χ0) is 15.4. The monoisotopic (exact) mass is 353 g/mol. The van der Waals surface area contributed by atoms with Gasteiger partial charge in [0.15, 0.2) is 0 Å². The lowest BCUT2D eigenvalue weighted by atomic mass is 9.97. The quantitative estimate of drug-likeness (QED) is 0.757. The average Bonchev–Trinajstić information content (AvgIpc) is 2.43. The molecule has 0 aliphatic carbocycles. The van der Waals surface area contributed by atoms with E-state index in [1.54, 1.807) is 12.1 Å². The fourth-order valence-electron chi connectivity index (χ4n) is 3.01. The number of halogens is 1. The van der Waals surface area contributed by atoms with Gasteiger partial charge in [-0.3, -0.25) is 4.90 Å². The van der Waals surface area contributed by atoms with Gasteiger partial charge in [0.2, 0.25) is 0 Å². The minimum Gasteiger partial charge on any atom is -0.458 e. The van der Waals surface area contributed by atoms with Crippen molar-refractivity contribution in [2.24, 2.45) is 0 Å². The molecular formula is C17H24BrNO2. The Kier molecular flexibility index (Phi) is 5.82. The van der Waals surface area contributed by atoms with Gasteiger partial charge >= 0.3 is 5.97 Å². The second-order valence-electron chi connectivity index (χ2n) is 6.05. The molecule has 0 aromatic heterocycles. The molecule has 4 heteroatoms. The topological polar surface area (TPSA) is 29.5 Å². The Balaban J connectivity index is 1.90. The molecule has 1 fully saturated rings. The summed E-state index contributed by atoms with van der Waals surface area (Å²) in [5.74, 6) is -0.243. The van der Waals surface area contributed by atoms with Gasteiger partial charge in [-0.2, -0.15) is 0 Å². The number of hydrogen-bond donors (Lipinski definition) is 0. The van der Waals surface area contributed by atoms with Gasteiger partial charge in [-0.25, -0.2) is 4.79 Å². The van der Waals surface area contributed by atoms with E-state index in [1.165, 1.54) is 19.3 Å². The standard InChI is InChI=1S/C17H24BrNO2/c1-12-5-4-6-13(2)19(12)11-14(3)21-17(20)15-7-9-16(18)10-8-15/h7-10,12-14H,4-6,11H2,1-3H3/t12-,13+,14-/m0/s1. The molecule has 0 bridgehead atoms. The Morgan fingerprint density at radius 1 is 1.29 bits per heavy atom. The zero-order valence-corrected chi connectivity index (χ0v) is 14.6. The number of esters is 1. The van der Waals surface area contributed by atoms with Crippen molar-refractivity contribution in [3.63, 3.8) is 0 Å². The van der Waals surface area contributed by atoms with Gasteiger partial charge in [-0.1, -0.05) is 22.4 Å². The second kappa shape index (κ2) is 7.41. The number of carbonyl (C=O) groups excluding carboxylic acids is 1. The van der Waals surface area contributed by atoms with Crippen LogP contribution in [0.15, 0.2) is 28.7 Å². The summed E-state index contributed by atoms with van der Waals surface area (Å²) >= 11 is 3.37. The SMILES string of the molecule is C[C@@H]1CCC[C@H](C)N1C[C@H](C)OC(=O)c1ccc(Br)cc1. The lowest BCUT2D eigenvalue weighted by molar-refractivity contribution is 0.00812. The summed E-state index contributed by atoms with van der Waals surface area (Å²) in [7, 11) is 0. The molecule has 3 atom stereocenters. The summed E-state index contributed by atoms with van der Waals surface area (Å²) in [6.07, 6.45) is 3.67. The molecule has 116 valence electrons. The molecule has 21 heavy (non-hydrogen) atoms. The van der Waals surface area contributed by atoms with Crippen molar-refractivity contribution >= 4 is 21.9 Å². The van der Waals surface area contributed by atoms with Crippen LogP contribution in [0.4, 0.5) is 0 Å². The molecular weight excluding hydrogens is 330 g/mol. The van der Waals surface area contributed by atoms with Gasteiger partial charge in [0.1, 0.15) is 6.10 Å². The van der Waals surface area contributed by atoms with Crippen LogP contribution in [0, 0.1) is 0 Å². The number of carbonyl (C=O) groups is 1. The van der Waals surface area contributed by atoms with E-state index in [1.807, 2.05) is 19.1 Å². The van der Waals surface area contributed by atoms with Crippen molar-refractivity contribution in [2.45, 2.75) is 58.2 Å². The van der Waals surface area contributed by atoms with E-state index in [4.69, 9.17) is 4.74 Å². The number of hydrogen-bond acceptors (Lipinski definition) is 3. The van der Waals surface area contributed by atoms with E-state index in [0.29, 0.717) is 17.6 Å². The van der Waals surface area contributed by atoms with Crippen LogP contribution in [0.5, 0.6) is 0 Å². The molecule has 0 unspecified atom stereocenters. The molecule has 1 saturated heterocycles. The van der Waals surface area contributed by atoms with E-state index < -0.39 is 0 Å². The number of nitrogens with zero attached hydrogens (tertiary/aromatic N) is 1. The van der Waals surface area contributed by atoms with Gasteiger partial charge in [0.05, 0.1) is 5.56 Å². The Hall–Kier alpha value is -0.870. The summed E-state index contributed by atoms with van der Waals surface area (Å²) in [4.78, 5) is 14.6. The van der Waals surface area contributed by atoms with Crippen molar-refractivity contribution in [3.8, 4) is 0 Å². The maximum absolute atomic E-state index is 12.1. The van der Waals surface area contributed by atoms with Crippen molar-refractivity contribution < 1.29 is 9.53 Å². The van der Waals surface area contributed by atoms with Gasteiger partial charge in [-0.15, -0.1) is 0 Å². The first kappa shape index (κ1) is 16.5.